The minimum atomic E-state index is -0.315. The fraction of sp³-hybridized carbons (Fsp3) is 0.514. The molecule has 34 nitrogen and oxygen atoms in total. The van der Waals surface area contributed by atoms with E-state index in [1.54, 1.807) is 12.1 Å². The largest absolute Gasteiger partial charge is 0.378 e. The van der Waals surface area contributed by atoms with Crippen molar-refractivity contribution >= 4 is 104 Å². The number of carbonyl (C=O) groups excluding carboxylic acids is 4. The van der Waals surface area contributed by atoms with Crippen LogP contribution in [0.25, 0.3) is 44.3 Å². The molecule has 2 fully saturated rings. The highest BCUT2D eigenvalue weighted by molar-refractivity contribution is 6.32. The second-order valence-corrected chi connectivity index (χ2v) is 25.1. The highest BCUT2D eigenvalue weighted by Crippen LogP contribution is 2.34. The summed E-state index contributed by atoms with van der Waals surface area (Å²) in [4.78, 5) is 84.5. The zero-order chi connectivity index (χ0) is 74.8. The molecule has 36 heteroatoms. The van der Waals surface area contributed by atoms with Gasteiger partial charge in [-0.1, -0.05) is 47.5 Å². The molecule has 2 saturated heterocycles. The Morgan fingerprint density at radius 1 is 0.368 bits per heavy atom. The van der Waals surface area contributed by atoms with Crippen molar-refractivity contribution in [2.24, 2.45) is 32.9 Å². The molecule has 2 aromatic heterocycles. The van der Waals surface area contributed by atoms with Gasteiger partial charge in [-0.15, -0.1) is 0 Å². The van der Waals surface area contributed by atoms with Crippen LogP contribution < -0.4 is 75.3 Å². The summed E-state index contributed by atoms with van der Waals surface area (Å²) < 4.78 is 44.9. The number of nitrogens with one attached hydrogen (secondary N) is 8. The van der Waals surface area contributed by atoms with Crippen LogP contribution in [0.4, 0.5) is 42.4 Å². The number of amides is 8. The predicted molar refractivity (Wildman–Crippen MR) is 410 cm³/mol. The van der Waals surface area contributed by atoms with E-state index in [0.29, 0.717) is 203 Å². The van der Waals surface area contributed by atoms with Crippen LogP contribution in [0.15, 0.2) is 94.9 Å². The van der Waals surface area contributed by atoms with Gasteiger partial charge in [-0.05, 0) is 73.5 Å². The van der Waals surface area contributed by atoms with Gasteiger partial charge >= 0.3 is 24.1 Å². The number of rotatable bonds is 47. The molecule has 578 valence electrons. The molecule has 6 aromatic rings. The van der Waals surface area contributed by atoms with E-state index in [1.807, 2.05) is 48.5 Å². The van der Waals surface area contributed by atoms with Gasteiger partial charge in [0.2, 0.25) is 0 Å². The first-order valence-corrected chi connectivity index (χ1v) is 36.5. The van der Waals surface area contributed by atoms with E-state index in [2.05, 4.69) is 116 Å². The van der Waals surface area contributed by atoms with Crippen LogP contribution in [0.2, 0.25) is 10.0 Å². The molecule has 0 atom stereocenters. The minimum Gasteiger partial charge on any atom is -0.378 e. The Kier molecular flexibility index (Phi) is 37.0. The van der Waals surface area contributed by atoms with E-state index < -0.39 is 0 Å². The first-order chi connectivity index (χ1) is 51.7. The Morgan fingerprint density at radius 2 is 0.670 bits per heavy atom. The summed E-state index contributed by atoms with van der Waals surface area (Å²) in [6, 6.07) is 26.1. The van der Waals surface area contributed by atoms with Crippen molar-refractivity contribution in [3.63, 3.8) is 0 Å². The summed E-state index contributed by atoms with van der Waals surface area (Å²) in [7, 11) is 0. The van der Waals surface area contributed by atoms with Gasteiger partial charge in [-0.3, -0.25) is 9.80 Å². The summed E-state index contributed by atoms with van der Waals surface area (Å²) in [5.74, 6) is 0.123. The fourth-order valence-electron chi connectivity index (χ4n) is 11.1. The zero-order valence-electron chi connectivity index (χ0n) is 60.0. The van der Waals surface area contributed by atoms with Crippen molar-refractivity contribution in [2.75, 3.05) is 233 Å². The van der Waals surface area contributed by atoms with Crippen LogP contribution in [0.3, 0.4) is 0 Å². The third kappa shape index (κ3) is 31.2. The minimum absolute atomic E-state index is 0.121. The number of carbonyl (C=O) groups is 4. The number of ether oxygens (including phenoxy) is 8. The highest BCUT2D eigenvalue weighted by Gasteiger charge is 2.22. The lowest BCUT2D eigenvalue weighted by molar-refractivity contribution is 0.0393. The Bertz CT molecular complexity index is 3480. The molecule has 0 aliphatic carbocycles. The number of aromatic nitrogens is 4. The molecule has 8 amide bonds. The number of nitrogens with zero attached hydrogens (tertiary/aromatic N) is 10. The molecule has 0 bridgehead atoms. The van der Waals surface area contributed by atoms with Gasteiger partial charge < -0.3 is 113 Å². The second-order valence-electron chi connectivity index (χ2n) is 24.2. The molecular weight excluding hydrogens is 1410 g/mol. The summed E-state index contributed by atoms with van der Waals surface area (Å²) in [5.41, 5.74) is 29.3. The van der Waals surface area contributed by atoms with E-state index in [9.17, 15) is 19.2 Å². The van der Waals surface area contributed by atoms with Gasteiger partial charge in [0.1, 0.15) is 0 Å². The van der Waals surface area contributed by atoms with Crippen molar-refractivity contribution in [3.8, 4) is 22.5 Å². The van der Waals surface area contributed by atoms with Crippen molar-refractivity contribution in [3.05, 3.63) is 95.0 Å². The van der Waals surface area contributed by atoms with E-state index in [-0.39, 0.29) is 47.9 Å². The quantitative estimate of drug-likeness (QED) is 0.0148. The molecule has 0 saturated carbocycles. The summed E-state index contributed by atoms with van der Waals surface area (Å²) in [5, 5.41) is 24.8. The Balaban J connectivity index is 0.497. The Hall–Kier alpha value is -9.04. The van der Waals surface area contributed by atoms with Gasteiger partial charge in [0, 0.05) is 161 Å². The first-order valence-electron chi connectivity index (χ1n) is 35.7. The number of hydrogen-bond donors (Lipinski definition) is 12. The number of piperazine rings is 2. The molecule has 4 heterocycles. The fourth-order valence-corrected chi connectivity index (χ4v) is 11.5. The summed E-state index contributed by atoms with van der Waals surface area (Å²) in [6.07, 6.45) is 1.35. The number of halogens is 2. The highest BCUT2D eigenvalue weighted by atomic mass is 35.5. The van der Waals surface area contributed by atoms with Gasteiger partial charge in [0.15, 0.2) is 11.9 Å². The normalized spacial score (nSPS) is 13.3. The number of benzene rings is 4. The van der Waals surface area contributed by atoms with E-state index in [0.717, 1.165) is 98.7 Å². The number of aliphatic imine (C=N–C) groups is 2. The average Bonchev–Trinajstić information content (AvgIpc) is 0.787. The van der Waals surface area contributed by atoms with Crippen LogP contribution in [0.1, 0.15) is 12.8 Å². The number of hydrogen-bond acceptors (Lipinski definition) is 22. The number of unbranched alkanes of at least 4 members (excludes halogenated alkanes) is 1. The topological polar surface area (TPSA) is 432 Å². The third-order valence-electron chi connectivity index (χ3n) is 16.4. The molecule has 0 spiro atoms. The third-order valence-corrected chi connectivity index (χ3v) is 16.9. The van der Waals surface area contributed by atoms with E-state index in [4.69, 9.17) is 84.0 Å². The van der Waals surface area contributed by atoms with Crippen molar-refractivity contribution < 1.29 is 57.1 Å². The number of fused-ring (bicyclic) bond motifs is 2. The second kappa shape index (κ2) is 47.5. The smallest absolute Gasteiger partial charge is 0.314 e. The maximum Gasteiger partial charge on any atom is 0.314 e. The molecule has 16 N–H and O–H groups in total. The van der Waals surface area contributed by atoms with Crippen LogP contribution in [-0.4, -0.2) is 289 Å². The molecular formula is C70H102Cl2N22O12. The van der Waals surface area contributed by atoms with E-state index >= 15 is 0 Å². The van der Waals surface area contributed by atoms with Gasteiger partial charge in [0.25, 0.3) is 11.9 Å². The lowest BCUT2D eigenvalue weighted by Gasteiger charge is -2.36. The lowest BCUT2D eigenvalue weighted by atomic mass is 10.1. The van der Waals surface area contributed by atoms with Crippen LogP contribution in [0.5, 0.6) is 0 Å². The molecule has 8 rings (SSSR count). The van der Waals surface area contributed by atoms with E-state index in [1.165, 1.54) is 0 Å². The number of anilines is 2. The first kappa shape index (κ1) is 82.6. The maximum absolute atomic E-state index is 12.1. The number of nitrogens with two attached hydrogens (primary N) is 4. The number of guanidine groups is 2. The zero-order valence-corrected chi connectivity index (χ0v) is 61.5. The van der Waals surface area contributed by atoms with Crippen LogP contribution in [-0.2, 0) is 37.9 Å². The number of urea groups is 4. The standard InChI is InChI=1S/C70H102Cl2N22O12/c71-53-9-11-59-57(49-53)61(87-65(85-59)89-63(73)74)51-5-3-7-55(47-51)93-25-21-91(22-26-93)29-37-105-45-43-103-35-19-83-69(97)81-17-33-101-41-39-99-31-15-79-67(95)77-13-1-2-14-78-68(96)80-16-32-100-40-42-102-34-18-82-70(98)84-20-36-104-44-46-106-38-30-92-23-27-94(28-24-92)56-8-4-6-52(48-56)62-58-50-54(72)10-12-60(58)86-66(88-62)90-64(75)76/h3-12,47-50H,1-2,13-46H2,(H2,77,79,95)(H2,78,80,96)(H2,81,83,97)(H2,82,84,98)(H4,73,74,85,87,89)(H4,75,76,86,88,90). The average molecular weight is 1510 g/mol. The SMILES string of the molecule is NC(N)=Nc1nc(-c2cccc(N3CCN(CCOCCOCCNC(=O)NCCOCCOCCNC(=O)NCCCCNC(=O)NCCOCCOCCNC(=O)NCCOCCOCCN4CCN(c5cccc(-c6nc(N=C(N)N)nc7ccc(Cl)cc67)c5)CC4)CC3)c2)c2cc(Cl)ccc2n1. The monoisotopic (exact) mass is 1510 g/mol. The van der Waals surface area contributed by atoms with Crippen LogP contribution in [0, 0.1) is 0 Å². The maximum atomic E-state index is 12.1. The van der Waals surface area contributed by atoms with Gasteiger partial charge in [-0.2, -0.15) is 9.98 Å². The molecule has 0 unspecified atom stereocenters. The summed E-state index contributed by atoms with van der Waals surface area (Å²) in [6.45, 7) is 17.8. The molecule has 2 aliphatic rings. The van der Waals surface area contributed by atoms with Gasteiger partial charge in [0.05, 0.1) is 128 Å². The van der Waals surface area contributed by atoms with Gasteiger partial charge in [-0.25, -0.2) is 39.1 Å². The molecule has 4 aromatic carbocycles. The predicted octanol–water partition coefficient (Wildman–Crippen LogP) is 3.08. The summed E-state index contributed by atoms with van der Waals surface area (Å²) >= 11 is 12.7. The molecule has 0 radical (unpaired) electrons. The Morgan fingerprint density at radius 3 is 0.981 bits per heavy atom. The van der Waals surface area contributed by atoms with Crippen molar-refractivity contribution in [1.82, 2.24) is 72.3 Å². The van der Waals surface area contributed by atoms with Crippen molar-refractivity contribution in [1.29, 1.82) is 0 Å². The Labute approximate surface area is 627 Å². The van der Waals surface area contributed by atoms with Crippen molar-refractivity contribution in [2.45, 2.75) is 12.8 Å². The molecule has 2 aliphatic heterocycles. The van der Waals surface area contributed by atoms with Crippen LogP contribution >= 0.6 is 23.2 Å². The lowest BCUT2D eigenvalue weighted by Crippen LogP contribution is -2.47. The molecule has 106 heavy (non-hydrogen) atoms.